The molecule has 0 spiro atoms. The summed E-state index contributed by atoms with van der Waals surface area (Å²) in [5.74, 6) is 0. The Balaban J connectivity index is 2.75. The fourth-order valence-corrected chi connectivity index (χ4v) is 1.49. The Morgan fingerprint density at radius 1 is 1.17 bits per heavy atom. The van der Waals surface area contributed by atoms with Crippen LogP contribution in [0.25, 0.3) is 0 Å². The summed E-state index contributed by atoms with van der Waals surface area (Å²) in [6.45, 7) is 0. The van der Waals surface area contributed by atoms with E-state index < -0.39 is 13.7 Å². The molecule has 0 fully saturated rings. The zero-order valence-electron chi connectivity index (χ0n) is 3.00. The van der Waals surface area contributed by atoms with Crippen molar-refractivity contribution < 1.29 is 0 Å². The fraction of sp³-hybridized carbons (Fsp3) is 1.00. The second-order valence-electron chi connectivity index (χ2n) is 0.702. The molecule has 0 aromatic rings. The second-order valence-corrected chi connectivity index (χ2v) is 8.61. The van der Waals surface area contributed by atoms with Gasteiger partial charge in [-0.25, -0.2) is 0 Å². The van der Waals surface area contributed by atoms with Gasteiger partial charge in [0.05, 0.1) is 0 Å². The molecule has 0 N–H and O–H groups in total. The molecule has 0 aliphatic rings. The first-order chi connectivity index (χ1) is 2.81. The third-order valence-corrected chi connectivity index (χ3v) is 6.86. The van der Waals surface area contributed by atoms with Gasteiger partial charge in [0.15, 0.2) is 0 Å². The molecule has 0 saturated heterocycles. The van der Waals surface area contributed by atoms with Crippen LogP contribution in [-0.4, -0.2) is 23.0 Å². The SMILES string of the molecule is ClC[As](Cl)CCl. The van der Waals surface area contributed by atoms with Crippen LogP contribution in [0.2, 0.25) is 0 Å². The van der Waals surface area contributed by atoms with E-state index in [9.17, 15) is 0 Å². The predicted octanol–water partition coefficient (Wildman–Crippen LogP) is 1.77. The monoisotopic (exact) mass is 208 g/mol. The van der Waals surface area contributed by atoms with Crippen molar-refractivity contribution in [3.8, 4) is 0 Å². The maximum atomic E-state index is 5.53. The van der Waals surface area contributed by atoms with Gasteiger partial charge in [0.1, 0.15) is 0 Å². The zero-order chi connectivity index (χ0) is 4.99. The Kier molecular flexibility index (Phi) is 5.68. The van der Waals surface area contributed by atoms with Gasteiger partial charge in [-0.2, -0.15) is 0 Å². The minimum atomic E-state index is -1.21. The molecule has 0 aromatic carbocycles. The molecule has 0 nitrogen and oxygen atoms in total. The number of rotatable bonds is 2. The topological polar surface area (TPSA) is 0 Å². The van der Waals surface area contributed by atoms with Crippen LogP contribution in [-0.2, 0) is 0 Å². The summed E-state index contributed by atoms with van der Waals surface area (Å²) in [4.78, 5) is 0. The Morgan fingerprint density at radius 2 is 1.50 bits per heavy atom. The third-order valence-electron chi connectivity index (χ3n) is 0.259. The molecule has 0 unspecified atom stereocenters. The molecular weight excluding hydrogens is 205 g/mol. The van der Waals surface area contributed by atoms with E-state index in [1.807, 2.05) is 0 Å². The Bertz CT molecular complexity index is 28.0. The third kappa shape index (κ3) is 3.61. The quantitative estimate of drug-likeness (QED) is 0.480. The average molecular weight is 209 g/mol. The van der Waals surface area contributed by atoms with Gasteiger partial charge < -0.3 is 0 Å². The van der Waals surface area contributed by atoms with Crippen LogP contribution in [0.5, 0.6) is 0 Å². The van der Waals surface area contributed by atoms with Crippen LogP contribution in [0.1, 0.15) is 0 Å². The van der Waals surface area contributed by atoms with E-state index in [0.29, 0.717) is 9.34 Å². The molecule has 0 amide bonds. The Labute approximate surface area is 56.2 Å². The summed E-state index contributed by atoms with van der Waals surface area (Å²) in [6.07, 6.45) is 0. The summed E-state index contributed by atoms with van der Waals surface area (Å²) in [5.41, 5.74) is 0. The van der Waals surface area contributed by atoms with Gasteiger partial charge in [0, 0.05) is 0 Å². The summed E-state index contributed by atoms with van der Waals surface area (Å²) >= 11 is 9.39. The van der Waals surface area contributed by atoms with Crippen LogP contribution in [0.4, 0.5) is 0 Å². The number of hydrogen-bond donors (Lipinski definition) is 0. The second kappa shape index (κ2) is 4.58. The van der Waals surface area contributed by atoms with Crippen molar-refractivity contribution in [3.63, 3.8) is 0 Å². The van der Waals surface area contributed by atoms with Gasteiger partial charge in [-0.15, -0.1) is 0 Å². The van der Waals surface area contributed by atoms with E-state index in [0.717, 1.165) is 0 Å². The summed E-state index contributed by atoms with van der Waals surface area (Å²) in [7, 11) is 5.53. The molecule has 4 heteroatoms. The van der Waals surface area contributed by atoms with E-state index in [-0.39, 0.29) is 0 Å². The molecule has 0 aliphatic carbocycles. The zero-order valence-corrected chi connectivity index (χ0v) is 7.14. The maximum absolute atomic E-state index is 5.53. The fourth-order valence-electron chi connectivity index (χ4n) is 0.0319. The molecule has 0 aromatic heterocycles. The van der Waals surface area contributed by atoms with Gasteiger partial charge in [0.2, 0.25) is 0 Å². The van der Waals surface area contributed by atoms with E-state index >= 15 is 0 Å². The Morgan fingerprint density at radius 3 is 1.50 bits per heavy atom. The summed E-state index contributed by atoms with van der Waals surface area (Å²) in [5, 5.41) is 0. The van der Waals surface area contributed by atoms with Crippen molar-refractivity contribution in [2.24, 2.45) is 0 Å². The first-order valence-corrected chi connectivity index (χ1v) is 7.52. The van der Waals surface area contributed by atoms with Gasteiger partial charge in [-0.1, -0.05) is 0 Å². The van der Waals surface area contributed by atoms with Crippen LogP contribution in [0.15, 0.2) is 0 Å². The molecule has 0 saturated carbocycles. The van der Waals surface area contributed by atoms with Crippen LogP contribution < -0.4 is 0 Å². The summed E-state index contributed by atoms with van der Waals surface area (Å²) in [6, 6.07) is 0. The number of halogens is 3. The van der Waals surface area contributed by atoms with Crippen LogP contribution in [0, 0.1) is 0 Å². The molecule has 0 radical (unpaired) electrons. The van der Waals surface area contributed by atoms with E-state index in [1.165, 1.54) is 0 Å². The normalized spacial score (nSPS) is 10.0. The molecule has 0 bridgehead atoms. The van der Waals surface area contributed by atoms with E-state index in [2.05, 4.69) is 0 Å². The average Bonchev–Trinajstić information content (AvgIpc) is 1.65. The van der Waals surface area contributed by atoms with Crippen molar-refractivity contribution in [2.45, 2.75) is 0 Å². The van der Waals surface area contributed by atoms with Gasteiger partial charge in [0.25, 0.3) is 0 Å². The molecule has 0 aliphatic heterocycles. The summed E-state index contributed by atoms with van der Waals surface area (Å²) < 4.78 is 1.16. The van der Waals surface area contributed by atoms with Crippen molar-refractivity contribution >= 4 is 46.9 Å². The van der Waals surface area contributed by atoms with E-state index in [1.54, 1.807) is 0 Å². The van der Waals surface area contributed by atoms with Crippen LogP contribution >= 0.6 is 33.2 Å². The van der Waals surface area contributed by atoms with Gasteiger partial charge in [-0.3, -0.25) is 0 Å². The Hall–Kier alpha value is 1.43. The molecule has 0 atom stereocenters. The molecular formula is C2H4AsCl3. The number of alkyl halides is 2. The van der Waals surface area contributed by atoms with Crippen molar-refractivity contribution in [2.75, 3.05) is 9.34 Å². The first-order valence-electron chi connectivity index (χ1n) is 1.34. The van der Waals surface area contributed by atoms with Crippen molar-refractivity contribution in [3.05, 3.63) is 0 Å². The standard InChI is InChI=1S/C2H4AsCl3/c4-1-3(6)2-5/h1-2H2. The van der Waals surface area contributed by atoms with E-state index in [4.69, 9.17) is 33.2 Å². The predicted molar refractivity (Wildman–Crippen MR) is 33.0 cm³/mol. The van der Waals surface area contributed by atoms with Gasteiger partial charge >= 0.3 is 56.2 Å². The van der Waals surface area contributed by atoms with Crippen molar-refractivity contribution in [1.82, 2.24) is 0 Å². The van der Waals surface area contributed by atoms with Crippen LogP contribution in [0.3, 0.4) is 0 Å². The minimum absolute atomic E-state index is 0.581. The number of hydrogen-bond acceptors (Lipinski definition) is 0. The molecule has 38 valence electrons. The van der Waals surface area contributed by atoms with Gasteiger partial charge in [-0.05, 0) is 0 Å². The first kappa shape index (κ1) is 7.43. The van der Waals surface area contributed by atoms with Crippen molar-refractivity contribution in [1.29, 1.82) is 0 Å². The molecule has 0 rings (SSSR count). The molecule has 6 heavy (non-hydrogen) atoms. The molecule has 0 heterocycles.